The Labute approximate surface area is 170 Å². The first-order chi connectivity index (χ1) is 14.1. The molecule has 146 valence electrons. The van der Waals surface area contributed by atoms with Crippen molar-refractivity contribution in [3.05, 3.63) is 59.7 Å². The van der Waals surface area contributed by atoms with E-state index in [1.54, 1.807) is 43.3 Å². The number of para-hydroxylation sites is 1. The van der Waals surface area contributed by atoms with Crippen molar-refractivity contribution in [2.45, 2.75) is 6.92 Å². The number of thioether (sulfide) groups is 1. The molecule has 2 aromatic carbocycles. The lowest BCUT2D eigenvalue weighted by atomic mass is 10.1. The Bertz CT molecular complexity index is 1060. The van der Waals surface area contributed by atoms with Crippen LogP contribution in [0, 0.1) is 0 Å². The molecule has 2 amide bonds. The molecule has 0 radical (unpaired) electrons. The fourth-order valence-electron chi connectivity index (χ4n) is 2.95. The first-order valence-corrected chi connectivity index (χ1v) is 9.86. The monoisotopic (exact) mass is 408 g/mol. The number of anilines is 2. The smallest absolute Gasteiger partial charge is 0.338 e. The number of amidine groups is 1. The summed E-state index contributed by atoms with van der Waals surface area (Å²) in [4.78, 5) is 37.8. The van der Waals surface area contributed by atoms with Crippen LogP contribution in [0.1, 0.15) is 22.8 Å². The van der Waals surface area contributed by atoms with Gasteiger partial charge in [-0.3, -0.25) is 14.5 Å². The van der Waals surface area contributed by atoms with Crippen molar-refractivity contribution in [3.8, 4) is 0 Å². The maximum atomic E-state index is 12.4. The van der Waals surface area contributed by atoms with E-state index in [0.717, 1.165) is 0 Å². The molecule has 8 nitrogen and oxygen atoms in total. The number of hydrogen-bond acceptors (Lipinski definition) is 7. The molecule has 2 aliphatic rings. The number of hydrogen-bond donors (Lipinski definition) is 1. The van der Waals surface area contributed by atoms with Gasteiger partial charge in [0.05, 0.1) is 29.3 Å². The molecular formula is C20H16N4O4S. The van der Waals surface area contributed by atoms with E-state index < -0.39 is 5.97 Å². The van der Waals surface area contributed by atoms with Gasteiger partial charge in [0.1, 0.15) is 0 Å². The van der Waals surface area contributed by atoms with E-state index in [4.69, 9.17) is 4.74 Å². The molecule has 0 unspecified atom stereocenters. The number of fused-ring (bicyclic) bond motifs is 1. The molecule has 0 atom stereocenters. The summed E-state index contributed by atoms with van der Waals surface area (Å²) in [5, 5.41) is 11.4. The highest BCUT2D eigenvalue weighted by molar-refractivity contribution is 8.15. The summed E-state index contributed by atoms with van der Waals surface area (Å²) < 4.78 is 4.97. The zero-order chi connectivity index (χ0) is 20.4. The molecule has 0 aliphatic carbocycles. The number of amides is 2. The minimum atomic E-state index is -0.424. The lowest BCUT2D eigenvalue weighted by Gasteiger charge is -2.15. The van der Waals surface area contributed by atoms with Crippen molar-refractivity contribution < 1.29 is 19.1 Å². The van der Waals surface area contributed by atoms with E-state index in [0.29, 0.717) is 27.7 Å². The Balaban J connectivity index is 1.62. The molecule has 0 spiro atoms. The van der Waals surface area contributed by atoms with Crippen molar-refractivity contribution >= 4 is 51.8 Å². The van der Waals surface area contributed by atoms with Crippen LogP contribution in [-0.4, -0.2) is 41.0 Å². The number of carbonyl (C=O) groups excluding carboxylic acids is 3. The van der Waals surface area contributed by atoms with Crippen LogP contribution in [0.4, 0.5) is 11.4 Å². The lowest BCUT2D eigenvalue weighted by molar-refractivity contribution is -0.115. The summed E-state index contributed by atoms with van der Waals surface area (Å²) in [7, 11) is 0. The second-order valence-corrected chi connectivity index (χ2v) is 7.06. The topological polar surface area (TPSA) is 100 Å². The number of nitrogens with zero attached hydrogens (tertiary/aromatic N) is 3. The van der Waals surface area contributed by atoms with Gasteiger partial charge in [0.25, 0.3) is 5.91 Å². The Hall–Kier alpha value is -3.46. The van der Waals surface area contributed by atoms with Crippen LogP contribution in [0.3, 0.4) is 0 Å². The van der Waals surface area contributed by atoms with Crippen molar-refractivity contribution in [1.29, 1.82) is 0 Å². The third-order valence-corrected chi connectivity index (χ3v) is 5.20. The summed E-state index contributed by atoms with van der Waals surface area (Å²) in [5.74, 6) is -0.705. The van der Waals surface area contributed by atoms with E-state index in [2.05, 4.69) is 15.5 Å². The molecule has 1 N–H and O–H groups in total. The van der Waals surface area contributed by atoms with E-state index in [1.165, 1.54) is 16.7 Å². The Kier molecular flexibility index (Phi) is 5.13. The zero-order valence-corrected chi connectivity index (χ0v) is 16.2. The first kappa shape index (κ1) is 18.9. The largest absolute Gasteiger partial charge is 0.462 e. The Morgan fingerprint density at radius 1 is 1.14 bits per heavy atom. The molecule has 1 saturated heterocycles. The van der Waals surface area contributed by atoms with Crippen molar-refractivity contribution in [3.63, 3.8) is 0 Å². The molecule has 0 saturated carbocycles. The zero-order valence-electron chi connectivity index (χ0n) is 15.4. The van der Waals surface area contributed by atoms with Gasteiger partial charge in [0.15, 0.2) is 10.9 Å². The fourth-order valence-corrected chi connectivity index (χ4v) is 3.76. The van der Waals surface area contributed by atoms with Crippen LogP contribution < -0.4 is 10.2 Å². The summed E-state index contributed by atoms with van der Waals surface area (Å²) in [5.41, 5.74) is 2.50. The summed E-state index contributed by atoms with van der Waals surface area (Å²) in [6.45, 7) is 2.02. The maximum Gasteiger partial charge on any atom is 0.338 e. The van der Waals surface area contributed by atoms with Gasteiger partial charge < -0.3 is 10.1 Å². The van der Waals surface area contributed by atoms with Gasteiger partial charge in [0.2, 0.25) is 5.91 Å². The van der Waals surface area contributed by atoms with Crippen LogP contribution in [0.15, 0.2) is 58.7 Å². The predicted molar refractivity (Wildman–Crippen MR) is 111 cm³/mol. The molecule has 0 aromatic heterocycles. The summed E-state index contributed by atoms with van der Waals surface area (Å²) in [6, 6.07) is 13.7. The summed E-state index contributed by atoms with van der Waals surface area (Å²) in [6.07, 6.45) is 0. The molecule has 0 bridgehead atoms. The van der Waals surface area contributed by atoms with Crippen LogP contribution in [0.5, 0.6) is 0 Å². The second kappa shape index (κ2) is 7.88. The lowest BCUT2D eigenvalue weighted by Crippen LogP contribution is -2.29. The number of benzene rings is 2. The molecule has 2 aromatic rings. The maximum absolute atomic E-state index is 12.4. The normalized spacial score (nSPS) is 18.3. The SMILES string of the molecule is CCOC(=O)c1ccc(N2C(=O)CS/C2=N/N=C2\C(=O)Nc3ccccc32)cc1. The second-order valence-electron chi connectivity index (χ2n) is 6.12. The van der Waals surface area contributed by atoms with E-state index in [-0.39, 0.29) is 29.9 Å². The van der Waals surface area contributed by atoms with Crippen LogP contribution >= 0.6 is 11.8 Å². The Morgan fingerprint density at radius 2 is 1.90 bits per heavy atom. The fraction of sp³-hybridized carbons (Fsp3) is 0.150. The van der Waals surface area contributed by atoms with Gasteiger partial charge in [-0.2, -0.15) is 0 Å². The van der Waals surface area contributed by atoms with Crippen LogP contribution in [-0.2, 0) is 14.3 Å². The van der Waals surface area contributed by atoms with Gasteiger partial charge in [-0.25, -0.2) is 4.79 Å². The highest BCUT2D eigenvalue weighted by Crippen LogP contribution is 2.28. The number of carbonyl (C=O) groups is 3. The third-order valence-electron chi connectivity index (χ3n) is 4.28. The number of nitrogens with one attached hydrogen (secondary N) is 1. The number of ether oxygens (including phenoxy) is 1. The van der Waals surface area contributed by atoms with Gasteiger partial charge in [-0.1, -0.05) is 30.0 Å². The van der Waals surface area contributed by atoms with E-state index in [1.807, 2.05) is 12.1 Å². The molecule has 29 heavy (non-hydrogen) atoms. The van der Waals surface area contributed by atoms with Crippen molar-refractivity contribution in [2.75, 3.05) is 22.6 Å². The standard InChI is InChI=1S/C20H16N4O4S/c1-2-28-19(27)12-7-9-13(10-8-12)24-16(25)11-29-20(24)23-22-17-14-5-3-4-6-15(14)21-18(17)26/h3-10H,2,11H2,1H3,(H,21,22,26)/b23-20+. The first-order valence-electron chi connectivity index (χ1n) is 8.88. The minimum Gasteiger partial charge on any atom is -0.462 e. The molecule has 9 heteroatoms. The van der Waals surface area contributed by atoms with Crippen LogP contribution in [0.25, 0.3) is 0 Å². The average molecular weight is 408 g/mol. The molecule has 2 heterocycles. The minimum absolute atomic E-state index is 0.158. The Morgan fingerprint density at radius 3 is 2.66 bits per heavy atom. The van der Waals surface area contributed by atoms with Crippen molar-refractivity contribution in [1.82, 2.24) is 0 Å². The average Bonchev–Trinajstić information content (AvgIpc) is 3.25. The highest BCUT2D eigenvalue weighted by atomic mass is 32.2. The van der Waals surface area contributed by atoms with Crippen LogP contribution in [0.2, 0.25) is 0 Å². The van der Waals surface area contributed by atoms with Gasteiger partial charge in [-0.15, -0.1) is 10.2 Å². The van der Waals surface area contributed by atoms with Crippen molar-refractivity contribution in [2.24, 2.45) is 10.2 Å². The highest BCUT2D eigenvalue weighted by Gasteiger charge is 2.31. The quantitative estimate of drug-likeness (QED) is 0.619. The number of esters is 1. The summed E-state index contributed by atoms with van der Waals surface area (Å²) >= 11 is 1.23. The molecule has 4 rings (SSSR count). The molecule has 2 aliphatic heterocycles. The third kappa shape index (κ3) is 3.64. The van der Waals surface area contributed by atoms with Gasteiger partial charge >= 0.3 is 5.97 Å². The predicted octanol–water partition coefficient (Wildman–Crippen LogP) is 2.66. The molecule has 1 fully saturated rings. The van der Waals surface area contributed by atoms with E-state index >= 15 is 0 Å². The number of rotatable bonds is 4. The van der Waals surface area contributed by atoms with Gasteiger partial charge in [-0.05, 0) is 37.3 Å². The van der Waals surface area contributed by atoms with E-state index in [9.17, 15) is 14.4 Å². The van der Waals surface area contributed by atoms with Gasteiger partial charge in [0, 0.05) is 5.56 Å². The molecular weight excluding hydrogens is 392 g/mol.